The minimum Gasteiger partial charge on any atom is -0.378 e. The van der Waals surface area contributed by atoms with Crippen LogP contribution in [0, 0.1) is 6.92 Å². The SMILES string of the molecule is Cc1c(C(=O)N2CCOCC2)c(-c2ccnc3ccccc23)cn1-c1cnc[nH]1. The van der Waals surface area contributed by atoms with Crippen molar-refractivity contribution < 1.29 is 9.53 Å². The molecule has 1 fully saturated rings. The van der Waals surface area contributed by atoms with Crippen molar-refractivity contribution in [1.82, 2.24) is 24.4 Å². The van der Waals surface area contributed by atoms with Gasteiger partial charge in [-0.2, -0.15) is 0 Å². The predicted octanol–water partition coefficient (Wildman–Crippen LogP) is 3.20. The number of ether oxygens (including phenoxy) is 1. The van der Waals surface area contributed by atoms with Crippen LogP contribution >= 0.6 is 0 Å². The molecule has 0 atom stereocenters. The second-order valence-corrected chi connectivity index (χ2v) is 7.09. The Kier molecular flexibility index (Phi) is 4.37. The predicted molar refractivity (Wildman–Crippen MR) is 110 cm³/mol. The molecule has 1 aromatic carbocycles. The van der Waals surface area contributed by atoms with Crippen molar-refractivity contribution >= 4 is 16.8 Å². The number of carbonyl (C=O) groups is 1. The Morgan fingerprint density at radius 2 is 1.97 bits per heavy atom. The van der Waals surface area contributed by atoms with Crippen LogP contribution in [0.4, 0.5) is 0 Å². The van der Waals surface area contributed by atoms with Gasteiger partial charge in [0.05, 0.1) is 36.8 Å². The van der Waals surface area contributed by atoms with Crippen LogP contribution in [-0.4, -0.2) is 56.6 Å². The van der Waals surface area contributed by atoms with Gasteiger partial charge in [0, 0.05) is 42.1 Å². The van der Waals surface area contributed by atoms with Gasteiger partial charge in [-0.1, -0.05) is 18.2 Å². The average molecular weight is 387 g/mol. The molecule has 7 heteroatoms. The summed E-state index contributed by atoms with van der Waals surface area (Å²) in [5.74, 6) is 0.850. The molecular formula is C22H21N5O2. The van der Waals surface area contributed by atoms with Crippen molar-refractivity contribution in [1.29, 1.82) is 0 Å². The van der Waals surface area contributed by atoms with Crippen molar-refractivity contribution in [3.8, 4) is 16.9 Å². The molecule has 1 aliphatic heterocycles. The molecule has 0 saturated carbocycles. The number of carbonyl (C=O) groups excluding carboxylic acids is 1. The van der Waals surface area contributed by atoms with E-state index in [1.807, 2.05) is 52.9 Å². The lowest BCUT2D eigenvalue weighted by Crippen LogP contribution is -2.41. The zero-order chi connectivity index (χ0) is 19.8. The van der Waals surface area contributed by atoms with E-state index in [1.165, 1.54) is 0 Å². The maximum atomic E-state index is 13.5. The third-order valence-electron chi connectivity index (χ3n) is 5.45. The Labute approximate surface area is 168 Å². The molecule has 7 nitrogen and oxygen atoms in total. The summed E-state index contributed by atoms with van der Waals surface area (Å²) in [7, 11) is 0. The Morgan fingerprint density at radius 3 is 2.76 bits per heavy atom. The number of H-pyrrole nitrogens is 1. The van der Waals surface area contributed by atoms with Crippen LogP contribution in [0.5, 0.6) is 0 Å². The Balaban J connectivity index is 1.73. The van der Waals surface area contributed by atoms with E-state index in [-0.39, 0.29) is 5.91 Å². The molecule has 0 radical (unpaired) electrons. The number of nitrogens with one attached hydrogen (secondary N) is 1. The number of imidazole rings is 1. The number of fused-ring (bicyclic) bond motifs is 1. The maximum Gasteiger partial charge on any atom is 0.256 e. The highest BCUT2D eigenvalue weighted by molar-refractivity contribution is 6.06. The molecule has 1 aliphatic rings. The van der Waals surface area contributed by atoms with Gasteiger partial charge < -0.3 is 19.2 Å². The first-order valence-corrected chi connectivity index (χ1v) is 9.66. The third-order valence-corrected chi connectivity index (χ3v) is 5.45. The monoisotopic (exact) mass is 387 g/mol. The largest absolute Gasteiger partial charge is 0.378 e. The highest BCUT2D eigenvalue weighted by Gasteiger charge is 2.27. The molecule has 1 saturated heterocycles. The van der Waals surface area contributed by atoms with Crippen molar-refractivity contribution in [3.63, 3.8) is 0 Å². The topological polar surface area (TPSA) is 76.0 Å². The number of para-hydroxylation sites is 1. The van der Waals surface area contributed by atoms with Gasteiger partial charge in [0.15, 0.2) is 0 Å². The van der Waals surface area contributed by atoms with E-state index in [4.69, 9.17) is 4.74 Å². The molecular weight excluding hydrogens is 366 g/mol. The zero-order valence-corrected chi connectivity index (χ0v) is 16.1. The fourth-order valence-electron chi connectivity index (χ4n) is 3.97. The number of amides is 1. The molecule has 4 aromatic rings. The molecule has 0 spiro atoms. The van der Waals surface area contributed by atoms with E-state index in [0.717, 1.165) is 33.5 Å². The Bertz CT molecular complexity index is 1170. The molecule has 146 valence electrons. The number of aromatic nitrogens is 4. The molecule has 4 heterocycles. The molecule has 5 rings (SSSR count). The Morgan fingerprint density at radius 1 is 1.14 bits per heavy atom. The summed E-state index contributed by atoms with van der Waals surface area (Å²) in [4.78, 5) is 27.2. The van der Waals surface area contributed by atoms with Gasteiger partial charge in [0.2, 0.25) is 0 Å². The molecule has 0 bridgehead atoms. The lowest BCUT2D eigenvalue weighted by molar-refractivity contribution is 0.0303. The first-order valence-electron chi connectivity index (χ1n) is 9.66. The summed E-state index contributed by atoms with van der Waals surface area (Å²) in [6, 6.07) is 9.98. The second kappa shape index (κ2) is 7.18. The number of hydrogen-bond acceptors (Lipinski definition) is 4. The van der Waals surface area contributed by atoms with Crippen LogP contribution in [-0.2, 0) is 4.74 Å². The highest BCUT2D eigenvalue weighted by Crippen LogP contribution is 2.34. The summed E-state index contributed by atoms with van der Waals surface area (Å²) in [5.41, 5.74) is 4.38. The number of benzene rings is 1. The number of morpholine rings is 1. The number of aromatic amines is 1. The number of nitrogens with zero attached hydrogens (tertiary/aromatic N) is 4. The van der Waals surface area contributed by atoms with E-state index in [9.17, 15) is 4.79 Å². The van der Waals surface area contributed by atoms with Crippen LogP contribution in [0.15, 0.2) is 55.2 Å². The average Bonchev–Trinajstić information content (AvgIpc) is 3.41. The summed E-state index contributed by atoms with van der Waals surface area (Å²) < 4.78 is 7.42. The van der Waals surface area contributed by atoms with Crippen molar-refractivity contribution in [2.45, 2.75) is 6.92 Å². The van der Waals surface area contributed by atoms with E-state index in [0.29, 0.717) is 31.9 Å². The summed E-state index contributed by atoms with van der Waals surface area (Å²) in [6.07, 6.45) is 7.20. The smallest absolute Gasteiger partial charge is 0.256 e. The summed E-state index contributed by atoms with van der Waals surface area (Å²) >= 11 is 0. The van der Waals surface area contributed by atoms with Crippen molar-refractivity contribution in [2.75, 3.05) is 26.3 Å². The third kappa shape index (κ3) is 3.00. The zero-order valence-electron chi connectivity index (χ0n) is 16.1. The van der Waals surface area contributed by atoms with Crippen LogP contribution in [0.25, 0.3) is 27.8 Å². The van der Waals surface area contributed by atoms with E-state index in [2.05, 4.69) is 15.0 Å². The fraction of sp³-hybridized carbons (Fsp3) is 0.227. The minimum absolute atomic E-state index is 0.0277. The number of hydrogen-bond donors (Lipinski definition) is 1. The molecule has 0 aliphatic carbocycles. The van der Waals surface area contributed by atoms with Crippen molar-refractivity contribution in [2.24, 2.45) is 0 Å². The lowest BCUT2D eigenvalue weighted by atomic mass is 9.98. The van der Waals surface area contributed by atoms with Gasteiger partial charge in [0.25, 0.3) is 5.91 Å². The van der Waals surface area contributed by atoms with E-state index < -0.39 is 0 Å². The van der Waals surface area contributed by atoms with E-state index in [1.54, 1.807) is 18.7 Å². The number of rotatable bonds is 3. The Hall–Kier alpha value is -3.45. The van der Waals surface area contributed by atoms with Crippen LogP contribution in [0.1, 0.15) is 16.1 Å². The summed E-state index contributed by atoms with van der Waals surface area (Å²) in [5, 5.41) is 1.02. The highest BCUT2D eigenvalue weighted by atomic mass is 16.5. The van der Waals surface area contributed by atoms with Gasteiger partial charge in [-0.3, -0.25) is 9.78 Å². The maximum absolute atomic E-state index is 13.5. The van der Waals surface area contributed by atoms with Gasteiger partial charge in [-0.15, -0.1) is 0 Å². The first-order chi connectivity index (χ1) is 14.2. The van der Waals surface area contributed by atoms with Crippen LogP contribution in [0.3, 0.4) is 0 Å². The van der Waals surface area contributed by atoms with Crippen LogP contribution in [0.2, 0.25) is 0 Å². The second-order valence-electron chi connectivity index (χ2n) is 7.09. The fourth-order valence-corrected chi connectivity index (χ4v) is 3.97. The first kappa shape index (κ1) is 17.6. The quantitative estimate of drug-likeness (QED) is 0.586. The molecule has 1 amide bonds. The van der Waals surface area contributed by atoms with Gasteiger partial charge in [0.1, 0.15) is 5.82 Å². The van der Waals surface area contributed by atoms with E-state index >= 15 is 0 Å². The van der Waals surface area contributed by atoms with Crippen molar-refractivity contribution in [3.05, 3.63) is 66.5 Å². The van der Waals surface area contributed by atoms with Gasteiger partial charge >= 0.3 is 0 Å². The molecule has 0 unspecified atom stereocenters. The molecule has 29 heavy (non-hydrogen) atoms. The summed E-state index contributed by atoms with van der Waals surface area (Å²) in [6.45, 7) is 4.31. The molecule has 1 N–H and O–H groups in total. The molecule has 3 aromatic heterocycles. The lowest BCUT2D eigenvalue weighted by Gasteiger charge is -2.27. The van der Waals surface area contributed by atoms with Gasteiger partial charge in [-0.25, -0.2) is 4.98 Å². The minimum atomic E-state index is 0.0277. The standard InChI is InChI=1S/C22H21N5O2/c1-15-21(22(28)26-8-10-29-11-9-26)18(13-27(15)20-12-23-14-25-20)16-6-7-24-19-5-3-2-4-17(16)19/h2-7,12-14H,8-11H2,1H3,(H,23,25). The van der Waals surface area contributed by atoms with Crippen LogP contribution < -0.4 is 0 Å². The normalized spacial score (nSPS) is 14.4. The number of pyridine rings is 1. The van der Waals surface area contributed by atoms with Gasteiger partial charge in [-0.05, 0) is 24.6 Å².